The number of nitrogens with zero attached hydrogens (tertiary/aromatic N) is 1. The lowest BCUT2D eigenvalue weighted by Crippen LogP contribution is -2.43. The molecule has 0 amide bonds. The van der Waals surface area contributed by atoms with Crippen molar-refractivity contribution in [3.8, 4) is 0 Å². The fourth-order valence-electron chi connectivity index (χ4n) is 3.95. The van der Waals surface area contributed by atoms with E-state index in [2.05, 4.69) is 44.9 Å². The van der Waals surface area contributed by atoms with E-state index in [1.807, 2.05) is 0 Å². The van der Waals surface area contributed by atoms with Gasteiger partial charge in [0.2, 0.25) is 0 Å². The molecular weight excluding hydrogens is 262 g/mol. The molecule has 3 atom stereocenters. The molecule has 3 rings (SSSR count). The quantitative estimate of drug-likeness (QED) is 0.867. The third-order valence-electron chi connectivity index (χ3n) is 5.61. The maximum absolute atomic E-state index is 10.4. The predicted octanol–water partition coefficient (Wildman–Crippen LogP) is 3.24. The number of fused-ring (bicyclic) bond motifs is 2. The van der Waals surface area contributed by atoms with Gasteiger partial charge in [-0.05, 0) is 70.2 Å². The van der Waals surface area contributed by atoms with Crippen LogP contribution in [0.25, 0.3) is 0 Å². The highest BCUT2D eigenvalue weighted by molar-refractivity contribution is 5.37. The van der Waals surface area contributed by atoms with E-state index in [0.717, 1.165) is 18.4 Å². The first-order chi connectivity index (χ1) is 9.95. The number of rotatable bonds is 3. The standard InChI is InChI=1S/C18H27NO2/c1-11-7-14(8-12(2)13(11)3)18(20)21-17-9-15-5-6-16(10-17)19(15)4/h7-8,15-18,20H,5-6,9-10H2,1-4H3. The van der Waals surface area contributed by atoms with Gasteiger partial charge in [-0.1, -0.05) is 12.1 Å². The highest BCUT2D eigenvalue weighted by Gasteiger charge is 2.39. The van der Waals surface area contributed by atoms with Gasteiger partial charge in [-0.25, -0.2) is 0 Å². The van der Waals surface area contributed by atoms with Crippen molar-refractivity contribution in [1.29, 1.82) is 0 Å². The van der Waals surface area contributed by atoms with Crippen molar-refractivity contribution in [2.75, 3.05) is 7.05 Å². The number of hydrogen-bond donors (Lipinski definition) is 1. The fourth-order valence-corrected chi connectivity index (χ4v) is 3.95. The van der Waals surface area contributed by atoms with E-state index >= 15 is 0 Å². The van der Waals surface area contributed by atoms with E-state index in [0.29, 0.717) is 12.1 Å². The van der Waals surface area contributed by atoms with Crippen LogP contribution >= 0.6 is 0 Å². The van der Waals surface area contributed by atoms with Crippen LogP contribution in [0, 0.1) is 20.8 Å². The molecule has 3 unspecified atom stereocenters. The van der Waals surface area contributed by atoms with Crippen LogP contribution in [0.15, 0.2) is 12.1 Å². The maximum Gasteiger partial charge on any atom is 0.181 e. The van der Waals surface area contributed by atoms with Crippen molar-refractivity contribution in [1.82, 2.24) is 4.90 Å². The van der Waals surface area contributed by atoms with Crippen LogP contribution in [0.4, 0.5) is 0 Å². The molecule has 3 heteroatoms. The van der Waals surface area contributed by atoms with Crippen molar-refractivity contribution in [2.45, 2.75) is 70.9 Å². The number of aryl methyl sites for hydroxylation is 2. The van der Waals surface area contributed by atoms with Crippen LogP contribution in [0.5, 0.6) is 0 Å². The first kappa shape index (κ1) is 15.0. The van der Waals surface area contributed by atoms with Gasteiger partial charge in [0.05, 0.1) is 6.10 Å². The molecule has 2 bridgehead atoms. The summed E-state index contributed by atoms with van der Waals surface area (Å²) in [4.78, 5) is 2.49. The number of piperidine rings is 1. The Bertz CT molecular complexity index is 491. The average molecular weight is 289 g/mol. The summed E-state index contributed by atoms with van der Waals surface area (Å²) >= 11 is 0. The van der Waals surface area contributed by atoms with Gasteiger partial charge in [-0.2, -0.15) is 0 Å². The largest absolute Gasteiger partial charge is 0.364 e. The molecule has 2 fully saturated rings. The summed E-state index contributed by atoms with van der Waals surface area (Å²) in [5.41, 5.74) is 4.62. The van der Waals surface area contributed by atoms with Crippen molar-refractivity contribution < 1.29 is 9.84 Å². The topological polar surface area (TPSA) is 32.7 Å². The molecule has 2 heterocycles. The smallest absolute Gasteiger partial charge is 0.181 e. The Hall–Kier alpha value is -0.900. The van der Waals surface area contributed by atoms with Gasteiger partial charge in [0.25, 0.3) is 0 Å². The summed E-state index contributed by atoms with van der Waals surface area (Å²) in [6.07, 6.45) is 4.05. The molecule has 2 aliphatic rings. The number of aliphatic hydroxyl groups excluding tert-OH is 1. The SMILES string of the molecule is Cc1cc(C(O)OC2CC3CCC(C2)N3C)cc(C)c1C. The van der Waals surface area contributed by atoms with Crippen LogP contribution < -0.4 is 0 Å². The molecular formula is C18H27NO2. The first-order valence-electron chi connectivity index (χ1n) is 8.09. The Morgan fingerprint density at radius 1 is 1.10 bits per heavy atom. The Kier molecular flexibility index (Phi) is 4.08. The van der Waals surface area contributed by atoms with E-state index in [9.17, 15) is 5.11 Å². The summed E-state index contributed by atoms with van der Waals surface area (Å²) in [6.45, 7) is 6.30. The van der Waals surface area contributed by atoms with Gasteiger partial charge in [-0.15, -0.1) is 0 Å². The van der Waals surface area contributed by atoms with Crippen LogP contribution in [0.2, 0.25) is 0 Å². The number of hydrogen-bond acceptors (Lipinski definition) is 3. The summed E-state index contributed by atoms with van der Waals surface area (Å²) in [5, 5.41) is 10.4. The third kappa shape index (κ3) is 2.87. The molecule has 0 aliphatic carbocycles. The zero-order valence-electron chi connectivity index (χ0n) is 13.6. The predicted molar refractivity (Wildman–Crippen MR) is 84.3 cm³/mol. The van der Waals surface area contributed by atoms with Gasteiger partial charge in [0, 0.05) is 17.6 Å². The van der Waals surface area contributed by atoms with Gasteiger partial charge < -0.3 is 14.7 Å². The molecule has 1 aromatic carbocycles. The lowest BCUT2D eigenvalue weighted by atomic mass is 9.99. The molecule has 2 saturated heterocycles. The van der Waals surface area contributed by atoms with Crippen molar-refractivity contribution >= 4 is 0 Å². The number of aliphatic hydroxyl groups is 1. The highest BCUT2D eigenvalue weighted by atomic mass is 16.6. The van der Waals surface area contributed by atoms with Crippen LogP contribution in [0.3, 0.4) is 0 Å². The average Bonchev–Trinajstić information content (AvgIpc) is 2.66. The van der Waals surface area contributed by atoms with Gasteiger partial charge in [-0.3, -0.25) is 0 Å². The summed E-state index contributed by atoms with van der Waals surface area (Å²) in [5.74, 6) is 0. The highest BCUT2D eigenvalue weighted by Crippen LogP contribution is 2.37. The molecule has 0 radical (unpaired) electrons. The van der Waals surface area contributed by atoms with Gasteiger partial charge in [0.15, 0.2) is 6.29 Å². The molecule has 1 aromatic rings. The van der Waals surface area contributed by atoms with E-state index in [4.69, 9.17) is 4.74 Å². The van der Waals surface area contributed by atoms with E-state index < -0.39 is 6.29 Å². The van der Waals surface area contributed by atoms with Crippen LogP contribution in [-0.2, 0) is 4.74 Å². The molecule has 21 heavy (non-hydrogen) atoms. The maximum atomic E-state index is 10.4. The lowest BCUT2D eigenvalue weighted by molar-refractivity contribution is -0.157. The summed E-state index contributed by atoms with van der Waals surface area (Å²) < 4.78 is 5.99. The van der Waals surface area contributed by atoms with Crippen molar-refractivity contribution in [2.24, 2.45) is 0 Å². The van der Waals surface area contributed by atoms with E-state index in [1.165, 1.54) is 29.5 Å². The van der Waals surface area contributed by atoms with E-state index in [1.54, 1.807) is 0 Å². The first-order valence-corrected chi connectivity index (χ1v) is 8.09. The normalized spacial score (nSPS) is 30.6. The van der Waals surface area contributed by atoms with Crippen LogP contribution in [0.1, 0.15) is 54.2 Å². The second kappa shape index (κ2) is 5.71. The number of benzene rings is 1. The lowest BCUT2D eigenvalue weighted by Gasteiger charge is -2.37. The molecule has 2 aliphatic heterocycles. The van der Waals surface area contributed by atoms with Crippen molar-refractivity contribution in [3.63, 3.8) is 0 Å². The minimum absolute atomic E-state index is 0.190. The third-order valence-corrected chi connectivity index (χ3v) is 5.61. The molecule has 1 N–H and O–H groups in total. The van der Waals surface area contributed by atoms with E-state index in [-0.39, 0.29) is 6.10 Å². The number of ether oxygens (including phenoxy) is 1. The molecule has 0 aromatic heterocycles. The Morgan fingerprint density at radius 3 is 2.14 bits per heavy atom. The Labute approximate surface area is 127 Å². The Morgan fingerprint density at radius 2 is 1.62 bits per heavy atom. The second-order valence-electron chi connectivity index (χ2n) is 6.91. The minimum atomic E-state index is -0.796. The van der Waals surface area contributed by atoms with Crippen LogP contribution in [-0.4, -0.2) is 35.2 Å². The molecule has 116 valence electrons. The zero-order valence-corrected chi connectivity index (χ0v) is 13.6. The van der Waals surface area contributed by atoms with Crippen molar-refractivity contribution in [3.05, 3.63) is 34.4 Å². The summed E-state index contributed by atoms with van der Waals surface area (Å²) in [6, 6.07) is 5.39. The molecule has 0 spiro atoms. The minimum Gasteiger partial charge on any atom is -0.364 e. The summed E-state index contributed by atoms with van der Waals surface area (Å²) in [7, 11) is 2.22. The zero-order chi connectivity index (χ0) is 15.1. The molecule has 0 saturated carbocycles. The second-order valence-corrected chi connectivity index (χ2v) is 6.91. The molecule has 3 nitrogen and oxygen atoms in total. The monoisotopic (exact) mass is 289 g/mol. The fraction of sp³-hybridized carbons (Fsp3) is 0.667. The Balaban J connectivity index is 1.68. The van der Waals surface area contributed by atoms with Gasteiger partial charge >= 0.3 is 0 Å². The van der Waals surface area contributed by atoms with Gasteiger partial charge in [0.1, 0.15) is 0 Å².